The lowest BCUT2D eigenvalue weighted by Gasteiger charge is -2.05. The standard InChI is InChI=1S/C21H15BrClFN4O2/c1-12-5-7-13(8-6-12)19-9-18(27-30-19)21(29)25-20-15(22)11-28(26-20)10-14-16(23)3-2-4-17(14)24/h2-9,11H,10H2,1H3,(H,25,26,29). The number of aromatic nitrogens is 3. The molecule has 0 aliphatic heterocycles. The average Bonchev–Trinajstić information content (AvgIpc) is 3.33. The van der Waals surface area contributed by atoms with E-state index >= 15 is 0 Å². The van der Waals surface area contributed by atoms with Gasteiger partial charge in [-0.3, -0.25) is 9.48 Å². The Bertz CT molecular complexity index is 1200. The Morgan fingerprint density at radius 3 is 2.77 bits per heavy atom. The lowest BCUT2D eigenvalue weighted by molar-refractivity contribution is 0.101. The molecule has 0 bridgehead atoms. The summed E-state index contributed by atoms with van der Waals surface area (Å²) in [4.78, 5) is 12.6. The van der Waals surface area contributed by atoms with Crippen molar-refractivity contribution in [2.75, 3.05) is 5.32 Å². The number of rotatable bonds is 5. The predicted molar refractivity (Wildman–Crippen MR) is 115 cm³/mol. The third-order valence-electron chi connectivity index (χ3n) is 4.41. The highest BCUT2D eigenvalue weighted by Crippen LogP contribution is 2.25. The molecule has 2 heterocycles. The molecular weight excluding hydrogens is 475 g/mol. The van der Waals surface area contributed by atoms with E-state index in [4.69, 9.17) is 16.1 Å². The number of carbonyl (C=O) groups is 1. The van der Waals surface area contributed by atoms with Crippen LogP contribution >= 0.6 is 27.5 Å². The molecule has 4 rings (SSSR count). The van der Waals surface area contributed by atoms with E-state index in [9.17, 15) is 9.18 Å². The summed E-state index contributed by atoms with van der Waals surface area (Å²) in [6, 6.07) is 13.7. The van der Waals surface area contributed by atoms with Gasteiger partial charge in [-0.05, 0) is 35.0 Å². The molecule has 2 aromatic carbocycles. The maximum Gasteiger partial charge on any atom is 0.279 e. The Hall–Kier alpha value is -2.97. The first-order valence-corrected chi connectivity index (χ1v) is 10.1. The number of amides is 1. The van der Waals surface area contributed by atoms with Gasteiger partial charge in [0.2, 0.25) is 0 Å². The molecule has 2 aromatic heterocycles. The topological polar surface area (TPSA) is 73.0 Å². The summed E-state index contributed by atoms with van der Waals surface area (Å²) in [5.41, 5.74) is 2.36. The van der Waals surface area contributed by atoms with Gasteiger partial charge in [0.1, 0.15) is 5.82 Å². The van der Waals surface area contributed by atoms with E-state index in [2.05, 4.69) is 31.5 Å². The summed E-state index contributed by atoms with van der Waals surface area (Å²) >= 11 is 9.42. The Labute approximate surface area is 184 Å². The quantitative estimate of drug-likeness (QED) is 0.390. The largest absolute Gasteiger partial charge is 0.355 e. The molecular formula is C21H15BrClFN4O2. The number of hydrogen-bond donors (Lipinski definition) is 1. The van der Waals surface area contributed by atoms with E-state index in [1.54, 1.807) is 18.3 Å². The molecule has 1 amide bonds. The number of nitrogens with zero attached hydrogens (tertiary/aromatic N) is 3. The van der Waals surface area contributed by atoms with Gasteiger partial charge in [0, 0.05) is 28.4 Å². The molecule has 9 heteroatoms. The summed E-state index contributed by atoms with van der Waals surface area (Å²) in [6.45, 7) is 2.10. The molecule has 0 unspecified atom stereocenters. The third kappa shape index (κ3) is 4.29. The minimum atomic E-state index is -0.480. The van der Waals surface area contributed by atoms with Gasteiger partial charge in [-0.1, -0.05) is 52.7 Å². The molecule has 0 atom stereocenters. The van der Waals surface area contributed by atoms with Crippen molar-refractivity contribution in [3.8, 4) is 11.3 Å². The van der Waals surface area contributed by atoms with Crippen molar-refractivity contribution in [2.45, 2.75) is 13.5 Å². The molecule has 0 radical (unpaired) electrons. The number of hydrogen-bond acceptors (Lipinski definition) is 4. The molecule has 0 aliphatic rings. The van der Waals surface area contributed by atoms with Gasteiger partial charge in [-0.15, -0.1) is 0 Å². The summed E-state index contributed by atoms with van der Waals surface area (Å²) in [5, 5.41) is 11.1. The second-order valence-electron chi connectivity index (χ2n) is 6.62. The first kappa shape index (κ1) is 20.3. The minimum Gasteiger partial charge on any atom is -0.355 e. The van der Waals surface area contributed by atoms with Crippen LogP contribution in [0.3, 0.4) is 0 Å². The fourth-order valence-electron chi connectivity index (χ4n) is 2.82. The molecule has 1 N–H and O–H groups in total. The highest BCUT2D eigenvalue weighted by atomic mass is 79.9. The first-order chi connectivity index (χ1) is 14.4. The van der Waals surface area contributed by atoms with Crippen LogP contribution in [0.15, 0.2) is 63.7 Å². The van der Waals surface area contributed by atoms with E-state index in [1.165, 1.54) is 16.8 Å². The second-order valence-corrected chi connectivity index (χ2v) is 7.88. The fourth-order valence-corrected chi connectivity index (χ4v) is 3.45. The average molecular weight is 490 g/mol. The Kier molecular flexibility index (Phi) is 5.69. The molecule has 0 fully saturated rings. The highest BCUT2D eigenvalue weighted by molar-refractivity contribution is 9.10. The van der Waals surface area contributed by atoms with Gasteiger partial charge >= 0.3 is 0 Å². The SMILES string of the molecule is Cc1ccc(-c2cc(C(=O)Nc3nn(Cc4c(F)cccc4Cl)cc3Br)no2)cc1. The molecule has 0 spiro atoms. The van der Waals surface area contributed by atoms with Crippen molar-refractivity contribution >= 4 is 39.3 Å². The number of nitrogens with one attached hydrogen (secondary N) is 1. The van der Waals surface area contributed by atoms with Crippen LogP contribution in [0.25, 0.3) is 11.3 Å². The number of carbonyl (C=O) groups excluding carboxylic acids is 1. The van der Waals surface area contributed by atoms with Gasteiger partial charge in [0.15, 0.2) is 17.3 Å². The summed E-state index contributed by atoms with van der Waals surface area (Å²) in [6.07, 6.45) is 1.62. The van der Waals surface area contributed by atoms with E-state index in [0.717, 1.165) is 11.1 Å². The van der Waals surface area contributed by atoms with Gasteiger partial charge in [0.25, 0.3) is 5.91 Å². The van der Waals surface area contributed by atoms with Crippen LogP contribution in [0.1, 0.15) is 21.6 Å². The number of aryl methyl sites for hydroxylation is 1. The maximum atomic E-state index is 14.0. The van der Waals surface area contributed by atoms with Crippen LogP contribution in [-0.4, -0.2) is 20.8 Å². The van der Waals surface area contributed by atoms with Gasteiger partial charge in [-0.25, -0.2) is 4.39 Å². The first-order valence-electron chi connectivity index (χ1n) is 8.91. The van der Waals surface area contributed by atoms with Crippen molar-refractivity contribution in [1.82, 2.24) is 14.9 Å². The van der Waals surface area contributed by atoms with Crippen LogP contribution in [-0.2, 0) is 6.54 Å². The Morgan fingerprint density at radius 1 is 1.27 bits per heavy atom. The third-order valence-corrected chi connectivity index (χ3v) is 5.34. The van der Waals surface area contributed by atoms with E-state index in [1.807, 2.05) is 31.2 Å². The van der Waals surface area contributed by atoms with Crippen LogP contribution in [0, 0.1) is 12.7 Å². The van der Waals surface area contributed by atoms with E-state index < -0.39 is 11.7 Å². The maximum absolute atomic E-state index is 14.0. The van der Waals surface area contributed by atoms with Crippen molar-refractivity contribution in [3.05, 3.63) is 86.9 Å². The molecule has 0 aliphatic carbocycles. The van der Waals surface area contributed by atoms with Gasteiger partial charge < -0.3 is 9.84 Å². The zero-order valence-corrected chi connectivity index (χ0v) is 18.0. The molecule has 4 aromatic rings. The minimum absolute atomic E-state index is 0.113. The number of benzene rings is 2. The molecule has 6 nitrogen and oxygen atoms in total. The van der Waals surface area contributed by atoms with Crippen LogP contribution < -0.4 is 5.32 Å². The second kappa shape index (κ2) is 8.41. The lowest BCUT2D eigenvalue weighted by atomic mass is 10.1. The predicted octanol–water partition coefficient (Wildman–Crippen LogP) is 5.70. The fraction of sp³-hybridized carbons (Fsp3) is 0.0952. The van der Waals surface area contributed by atoms with Gasteiger partial charge in [-0.2, -0.15) is 5.10 Å². The summed E-state index contributed by atoms with van der Waals surface area (Å²) in [5.74, 6) is -0.149. The van der Waals surface area contributed by atoms with E-state index in [0.29, 0.717) is 20.8 Å². The molecule has 30 heavy (non-hydrogen) atoms. The molecule has 0 saturated carbocycles. The summed E-state index contributed by atoms with van der Waals surface area (Å²) < 4.78 is 21.3. The highest BCUT2D eigenvalue weighted by Gasteiger charge is 2.18. The van der Waals surface area contributed by atoms with Gasteiger partial charge in [0.05, 0.1) is 11.0 Å². The molecule has 152 valence electrons. The Morgan fingerprint density at radius 2 is 2.03 bits per heavy atom. The van der Waals surface area contributed by atoms with Crippen molar-refractivity contribution in [1.29, 1.82) is 0 Å². The summed E-state index contributed by atoms with van der Waals surface area (Å²) in [7, 11) is 0. The van der Waals surface area contributed by atoms with Crippen LogP contribution in [0.2, 0.25) is 5.02 Å². The Balaban J connectivity index is 1.50. The normalized spacial score (nSPS) is 10.9. The zero-order chi connectivity index (χ0) is 21.3. The molecule has 0 saturated heterocycles. The van der Waals surface area contributed by atoms with Crippen LogP contribution in [0.5, 0.6) is 0 Å². The zero-order valence-electron chi connectivity index (χ0n) is 15.7. The van der Waals surface area contributed by atoms with Crippen molar-refractivity contribution in [2.24, 2.45) is 0 Å². The van der Waals surface area contributed by atoms with Crippen molar-refractivity contribution in [3.63, 3.8) is 0 Å². The van der Waals surface area contributed by atoms with Crippen LogP contribution in [0.4, 0.5) is 10.2 Å². The lowest BCUT2D eigenvalue weighted by Crippen LogP contribution is -2.13. The monoisotopic (exact) mass is 488 g/mol. The van der Waals surface area contributed by atoms with Crippen molar-refractivity contribution < 1.29 is 13.7 Å². The number of halogens is 3. The number of anilines is 1. The smallest absolute Gasteiger partial charge is 0.279 e. The van der Waals surface area contributed by atoms with E-state index in [-0.39, 0.29) is 18.1 Å².